The topological polar surface area (TPSA) is 46.1 Å². The van der Waals surface area contributed by atoms with Gasteiger partial charge in [-0.25, -0.2) is 9.38 Å². The van der Waals surface area contributed by atoms with Crippen LogP contribution in [0.25, 0.3) is 0 Å². The van der Waals surface area contributed by atoms with Gasteiger partial charge in [-0.15, -0.1) is 0 Å². The summed E-state index contributed by atoms with van der Waals surface area (Å²) in [5.41, 5.74) is 0. The van der Waals surface area contributed by atoms with E-state index in [1.807, 2.05) is 0 Å². The predicted molar refractivity (Wildman–Crippen MR) is 98.7 cm³/mol. The van der Waals surface area contributed by atoms with Crippen molar-refractivity contribution in [2.75, 3.05) is 46.5 Å². The molecular formula is C19H30FN3O2. The molecule has 1 aromatic rings. The Hall–Kier alpha value is -1.82. The van der Waals surface area contributed by atoms with Gasteiger partial charge in [0.25, 0.3) is 0 Å². The summed E-state index contributed by atoms with van der Waals surface area (Å²) in [6.45, 7) is 6.59. The van der Waals surface area contributed by atoms with E-state index in [0.717, 1.165) is 57.4 Å². The lowest BCUT2D eigenvalue weighted by molar-refractivity contribution is 0.0625. The van der Waals surface area contributed by atoms with E-state index < -0.39 is 0 Å². The van der Waals surface area contributed by atoms with Gasteiger partial charge in [0.05, 0.1) is 6.54 Å². The lowest BCUT2D eigenvalue weighted by atomic mass is 9.96. The summed E-state index contributed by atoms with van der Waals surface area (Å²) in [5, 5.41) is 3.31. The number of halogens is 1. The van der Waals surface area contributed by atoms with Gasteiger partial charge in [0, 0.05) is 39.4 Å². The van der Waals surface area contributed by atoms with Crippen LogP contribution in [0.4, 0.5) is 4.39 Å². The van der Waals surface area contributed by atoms with Crippen LogP contribution in [0, 0.1) is 11.7 Å². The number of benzene rings is 1. The summed E-state index contributed by atoms with van der Waals surface area (Å²) in [5.74, 6) is 1.88. The van der Waals surface area contributed by atoms with Crippen molar-refractivity contribution in [3.05, 3.63) is 30.1 Å². The molecule has 6 heteroatoms. The van der Waals surface area contributed by atoms with E-state index in [1.54, 1.807) is 12.1 Å². The van der Waals surface area contributed by atoms with Crippen molar-refractivity contribution in [1.82, 2.24) is 10.2 Å². The molecule has 0 bridgehead atoms. The lowest BCUT2D eigenvalue weighted by Crippen LogP contribution is -2.40. The van der Waals surface area contributed by atoms with E-state index in [1.165, 1.54) is 12.1 Å². The highest BCUT2D eigenvalue weighted by Gasteiger charge is 2.15. The zero-order valence-corrected chi connectivity index (χ0v) is 15.3. The second-order valence-corrected chi connectivity index (χ2v) is 6.31. The first-order valence-electron chi connectivity index (χ1n) is 9.14. The van der Waals surface area contributed by atoms with Gasteiger partial charge >= 0.3 is 0 Å². The molecule has 0 radical (unpaired) electrons. The Bertz CT molecular complexity index is 533. The number of hydrogen-bond donors (Lipinski definition) is 1. The van der Waals surface area contributed by atoms with Crippen molar-refractivity contribution in [2.45, 2.75) is 26.2 Å². The van der Waals surface area contributed by atoms with Crippen molar-refractivity contribution in [2.24, 2.45) is 10.9 Å². The number of ether oxygens (including phenoxy) is 2. The van der Waals surface area contributed by atoms with Gasteiger partial charge in [-0.2, -0.15) is 0 Å². The van der Waals surface area contributed by atoms with Crippen LogP contribution >= 0.6 is 0 Å². The molecule has 0 spiro atoms. The fourth-order valence-corrected chi connectivity index (χ4v) is 2.86. The third-order valence-corrected chi connectivity index (χ3v) is 4.33. The summed E-state index contributed by atoms with van der Waals surface area (Å²) in [4.78, 5) is 6.77. The molecule has 140 valence electrons. The van der Waals surface area contributed by atoms with Gasteiger partial charge in [-0.1, -0.05) is 6.07 Å². The maximum atomic E-state index is 13.1. The van der Waals surface area contributed by atoms with E-state index in [9.17, 15) is 4.39 Å². The highest BCUT2D eigenvalue weighted by atomic mass is 19.1. The molecule has 1 aliphatic rings. The van der Waals surface area contributed by atoms with Crippen LogP contribution in [0.1, 0.15) is 26.2 Å². The fraction of sp³-hybridized carbons (Fsp3) is 0.632. The summed E-state index contributed by atoms with van der Waals surface area (Å²) in [7, 11) is 2.06. The first-order chi connectivity index (χ1) is 12.2. The van der Waals surface area contributed by atoms with Gasteiger partial charge in [0.2, 0.25) is 0 Å². The third kappa shape index (κ3) is 7.30. The molecule has 1 fully saturated rings. The van der Waals surface area contributed by atoms with E-state index in [0.29, 0.717) is 18.9 Å². The normalized spacial score (nSPS) is 15.9. The van der Waals surface area contributed by atoms with Crippen molar-refractivity contribution < 1.29 is 13.9 Å². The molecule has 1 aliphatic heterocycles. The maximum absolute atomic E-state index is 13.1. The number of aliphatic imine (C=N–C) groups is 1. The third-order valence-electron chi connectivity index (χ3n) is 4.33. The zero-order chi connectivity index (χ0) is 17.9. The first-order valence-corrected chi connectivity index (χ1v) is 9.14. The van der Waals surface area contributed by atoms with E-state index in [2.05, 4.69) is 29.2 Å². The van der Waals surface area contributed by atoms with Crippen LogP contribution in [0.2, 0.25) is 0 Å². The standard InChI is InChI=1S/C19H30FN3O2/c1-3-21-19(23(2)11-7-16-8-12-24-13-9-16)22-10-14-25-18-6-4-5-17(20)15-18/h4-6,15-16H,3,7-14H2,1-2H3,(H,21,22). The minimum Gasteiger partial charge on any atom is -0.492 e. The van der Waals surface area contributed by atoms with Crippen LogP contribution in [0.5, 0.6) is 5.75 Å². The largest absolute Gasteiger partial charge is 0.492 e. The Morgan fingerprint density at radius 1 is 1.40 bits per heavy atom. The molecule has 1 saturated heterocycles. The smallest absolute Gasteiger partial charge is 0.193 e. The Morgan fingerprint density at radius 2 is 2.20 bits per heavy atom. The first kappa shape index (κ1) is 19.5. The summed E-state index contributed by atoms with van der Waals surface area (Å²) in [6.07, 6.45) is 3.47. The van der Waals surface area contributed by atoms with Gasteiger partial charge in [0.15, 0.2) is 5.96 Å². The summed E-state index contributed by atoms with van der Waals surface area (Å²) < 4.78 is 24.1. The van der Waals surface area contributed by atoms with Crippen molar-refractivity contribution in [3.63, 3.8) is 0 Å². The minimum atomic E-state index is -0.290. The maximum Gasteiger partial charge on any atom is 0.193 e. The van der Waals surface area contributed by atoms with Crippen LogP contribution in [0.3, 0.4) is 0 Å². The molecule has 1 N–H and O–H groups in total. The molecule has 0 saturated carbocycles. The van der Waals surface area contributed by atoms with Crippen LogP contribution in [-0.2, 0) is 4.74 Å². The average Bonchev–Trinajstić information content (AvgIpc) is 2.63. The minimum absolute atomic E-state index is 0.290. The highest BCUT2D eigenvalue weighted by molar-refractivity contribution is 5.79. The Morgan fingerprint density at radius 3 is 2.92 bits per heavy atom. The van der Waals surface area contributed by atoms with Crippen LogP contribution in [0.15, 0.2) is 29.3 Å². The second-order valence-electron chi connectivity index (χ2n) is 6.31. The Labute approximate surface area is 150 Å². The second kappa shape index (κ2) is 10.9. The van der Waals surface area contributed by atoms with E-state index >= 15 is 0 Å². The monoisotopic (exact) mass is 351 g/mol. The van der Waals surface area contributed by atoms with Gasteiger partial charge in [-0.05, 0) is 44.2 Å². The lowest BCUT2D eigenvalue weighted by Gasteiger charge is -2.26. The molecule has 0 amide bonds. The molecule has 2 rings (SSSR count). The van der Waals surface area contributed by atoms with Crippen molar-refractivity contribution in [3.8, 4) is 5.75 Å². The predicted octanol–water partition coefficient (Wildman–Crippen LogP) is 2.92. The summed E-state index contributed by atoms with van der Waals surface area (Å²) in [6, 6.07) is 6.18. The van der Waals surface area contributed by atoms with E-state index in [-0.39, 0.29) is 5.82 Å². The molecule has 5 nitrogen and oxygen atoms in total. The molecular weight excluding hydrogens is 321 g/mol. The van der Waals surface area contributed by atoms with Crippen molar-refractivity contribution >= 4 is 5.96 Å². The number of nitrogens with one attached hydrogen (secondary N) is 1. The summed E-state index contributed by atoms with van der Waals surface area (Å²) >= 11 is 0. The molecule has 0 aliphatic carbocycles. The van der Waals surface area contributed by atoms with Gasteiger partial charge in [0.1, 0.15) is 18.2 Å². The molecule has 1 heterocycles. The van der Waals surface area contributed by atoms with Crippen LogP contribution in [-0.4, -0.2) is 57.4 Å². The quantitative estimate of drug-likeness (QED) is 0.444. The zero-order valence-electron chi connectivity index (χ0n) is 15.3. The number of guanidine groups is 1. The molecule has 25 heavy (non-hydrogen) atoms. The molecule has 0 unspecified atom stereocenters. The number of nitrogens with zero attached hydrogens (tertiary/aromatic N) is 2. The molecule has 0 atom stereocenters. The van der Waals surface area contributed by atoms with Gasteiger partial charge in [-0.3, -0.25) is 0 Å². The molecule has 1 aromatic carbocycles. The SMILES string of the molecule is CCNC(=NCCOc1cccc(F)c1)N(C)CCC1CCOCC1. The van der Waals surface area contributed by atoms with E-state index in [4.69, 9.17) is 9.47 Å². The van der Waals surface area contributed by atoms with Gasteiger partial charge < -0.3 is 19.7 Å². The number of rotatable bonds is 8. The Kier molecular flexibility index (Phi) is 8.52. The van der Waals surface area contributed by atoms with Crippen LogP contribution < -0.4 is 10.1 Å². The molecule has 0 aromatic heterocycles. The fourth-order valence-electron chi connectivity index (χ4n) is 2.86. The average molecular weight is 351 g/mol. The highest BCUT2D eigenvalue weighted by Crippen LogP contribution is 2.18. The number of hydrogen-bond acceptors (Lipinski definition) is 3. The van der Waals surface area contributed by atoms with Crippen molar-refractivity contribution in [1.29, 1.82) is 0 Å². The Balaban J connectivity index is 1.75.